The van der Waals surface area contributed by atoms with Gasteiger partial charge in [-0.1, -0.05) is 37.6 Å². The zero-order chi connectivity index (χ0) is 18.7. The Labute approximate surface area is 159 Å². The fraction of sp³-hybridized carbons (Fsp3) is 0.474. The lowest BCUT2D eigenvalue weighted by atomic mass is 10.1. The van der Waals surface area contributed by atoms with E-state index >= 15 is 0 Å². The summed E-state index contributed by atoms with van der Waals surface area (Å²) in [6.07, 6.45) is 0. The van der Waals surface area contributed by atoms with E-state index < -0.39 is 0 Å². The second-order valence-electron chi connectivity index (χ2n) is 6.77. The maximum atomic E-state index is 12.9. The van der Waals surface area contributed by atoms with E-state index in [-0.39, 0.29) is 11.8 Å². The van der Waals surface area contributed by atoms with Crippen LogP contribution in [-0.4, -0.2) is 41.8 Å². The van der Waals surface area contributed by atoms with Crippen LogP contribution in [0.1, 0.15) is 41.5 Å². The number of aromatic nitrogens is 2. The largest absolute Gasteiger partial charge is 0.378 e. The maximum absolute atomic E-state index is 12.9. The summed E-state index contributed by atoms with van der Waals surface area (Å²) >= 11 is 5.91. The lowest BCUT2D eigenvalue weighted by Gasteiger charge is -2.27. The third-order valence-electron chi connectivity index (χ3n) is 4.52. The maximum Gasteiger partial charge on any atom is 0.270 e. The van der Waals surface area contributed by atoms with Crippen molar-refractivity contribution in [2.24, 2.45) is 7.05 Å². The number of nitrogens with one attached hydrogen (secondary N) is 1. The SMILES string of the molecule is CC(C)c1nc(N2CCOCC2)n(C)c1C(=O)NCc1ccc(Cl)cc1. The minimum absolute atomic E-state index is 0.113. The van der Waals surface area contributed by atoms with Crippen molar-refractivity contribution in [3.63, 3.8) is 0 Å². The lowest BCUT2D eigenvalue weighted by molar-refractivity contribution is 0.0941. The normalized spacial score (nSPS) is 14.7. The number of anilines is 1. The molecule has 7 heteroatoms. The Balaban J connectivity index is 1.81. The van der Waals surface area contributed by atoms with Gasteiger partial charge in [0, 0.05) is 31.7 Å². The first kappa shape index (κ1) is 18.7. The predicted octanol–water partition coefficient (Wildman–Crippen LogP) is 2.96. The minimum Gasteiger partial charge on any atom is -0.378 e. The van der Waals surface area contributed by atoms with Crippen molar-refractivity contribution in [1.29, 1.82) is 0 Å². The number of nitrogens with zero attached hydrogens (tertiary/aromatic N) is 3. The molecule has 0 bridgehead atoms. The number of hydrogen-bond acceptors (Lipinski definition) is 4. The highest BCUT2D eigenvalue weighted by molar-refractivity contribution is 6.30. The van der Waals surface area contributed by atoms with Crippen LogP contribution >= 0.6 is 11.6 Å². The third-order valence-corrected chi connectivity index (χ3v) is 4.77. The molecule has 0 unspecified atom stereocenters. The Morgan fingerprint density at radius 3 is 2.54 bits per heavy atom. The summed E-state index contributed by atoms with van der Waals surface area (Å²) in [6.45, 7) is 7.50. The van der Waals surface area contributed by atoms with Crippen LogP contribution < -0.4 is 10.2 Å². The number of imidazole rings is 1. The summed E-state index contributed by atoms with van der Waals surface area (Å²) in [7, 11) is 1.90. The van der Waals surface area contributed by atoms with E-state index in [1.54, 1.807) is 0 Å². The Morgan fingerprint density at radius 2 is 1.92 bits per heavy atom. The van der Waals surface area contributed by atoms with E-state index in [9.17, 15) is 4.79 Å². The first-order valence-electron chi connectivity index (χ1n) is 8.89. The number of morpholine rings is 1. The van der Waals surface area contributed by atoms with Crippen LogP contribution in [0.2, 0.25) is 5.02 Å². The summed E-state index contributed by atoms with van der Waals surface area (Å²) in [6, 6.07) is 7.47. The van der Waals surface area contributed by atoms with Crippen molar-refractivity contribution in [2.45, 2.75) is 26.3 Å². The van der Waals surface area contributed by atoms with E-state index in [2.05, 4.69) is 24.1 Å². The van der Waals surface area contributed by atoms with Gasteiger partial charge >= 0.3 is 0 Å². The predicted molar refractivity (Wildman–Crippen MR) is 103 cm³/mol. The van der Waals surface area contributed by atoms with Crippen molar-refractivity contribution >= 4 is 23.5 Å². The molecule has 1 N–H and O–H groups in total. The van der Waals surface area contributed by atoms with Crippen LogP contribution in [0.25, 0.3) is 0 Å². The zero-order valence-electron chi connectivity index (χ0n) is 15.5. The molecule has 0 spiro atoms. The molecule has 1 fully saturated rings. The van der Waals surface area contributed by atoms with Crippen LogP contribution in [0.4, 0.5) is 5.95 Å². The molecule has 0 atom stereocenters. The van der Waals surface area contributed by atoms with Crippen LogP contribution in [0.3, 0.4) is 0 Å². The van der Waals surface area contributed by atoms with Gasteiger partial charge in [-0.2, -0.15) is 0 Å². The van der Waals surface area contributed by atoms with Crippen molar-refractivity contribution in [3.8, 4) is 0 Å². The van der Waals surface area contributed by atoms with Gasteiger partial charge in [-0.25, -0.2) is 4.98 Å². The number of benzene rings is 1. The molecule has 1 amide bonds. The van der Waals surface area contributed by atoms with Gasteiger partial charge in [-0.3, -0.25) is 4.79 Å². The number of halogens is 1. The van der Waals surface area contributed by atoms with Gasteiger partial charge in [0.05, 0.1) is 18.9 Å². The minimum atomic E-state index is -0.113. The van der Waals surface area contributed by atoms with Crippen LogP contribution in [0.15, 0.2) is 24.3 Å². The smallest absolute Gasteiger partial charge is 0.270 e. The highest BCUT2D eigenvalue weighted by atomic mass is 35.5. The van der Waals surface area contributed by atoms with Crippen molar-refractivity contribution < 1.29 is 9.53 Å². The Hall–Kier alpha value is -2.05. The van der Waals surface area contributed by atoms with Gasteiger partial charge in [-0.15, -0.1) is 0 Å². The summed E-state index contributed by atoms with van der Waals surface area (Å²) in [5, 5.41) is 3.69. The molecule has 6 nitrogen and oxygen atoms in total. The summed E-state index contributed by atoms with van der Waals surface area (Å²) in [5.41, 5.74) is 2.45. The van der Waals surface area contributed by atoms with Crippen LogP contribution in [0, 0.1) is 0 Å². The summed E-state index contributed by atoms with van der Waals surface area (Å²) in [4.78, 5) is 19.8. The van der Waals surface area contributed by atoms with Crippen molar-refractivity contribution in [1.82, 2.24) is 14.9 Å². The van der Waals surface area contributed by atoms with Crippen LogP contribution in [0.5, 0.6) is 0 Å². The molecule has 1 saturated heterocycles. The van der Waals surface area contributed by atoms with E-state index in [0.29, 0.717) is 30.5 Å². The number of amides is 1. The number of hydrogen-bond donors (Lipinski definition) is 1. The van der Waals surface area contributed by atoms with E-state index in [0.717, 1.165) is 30.3 Å². The van der Waals surface area contributed by atoms with Crippen molar-refractivity contribution in [2.75, 3.05) is 31.2 Å². The van der Waals surface area contributed by atoms with Gasteiger partial charge < -0.3 is 19.5 Å². The van der Waals surface area contributed by atoms with Crippen molar-refractivity contribution in [3.05, 3.63) is 46.2 Å². The van der Waals surface area contributed by atoms with E-state index in [1.165, 1.54) is 0 Å². The first-order valence-corrected chi connectivity index (χ1v) is 9.27. The number of rotatable bonds is 5. The van der Waals surface area contributed by atoms with Gasteiger partial charge in [-0.05, 0) is 23.6 Å². The van der Waals surface area contributed by atoms with E-state index in [4.69, 9.17) is 21.3 Å². The molecule has 2 aromatic rings. The monoisotopic (exact) mass is 376 g/mol. The summed E-state index contributed by atoms with van der Waals surface area (Å²) in [5.74, 6) is 0.874. The molecule has 0 saturated carbocycles. The molecule has 140 valence electrons. The standard InChI is InChI=1S/C19H25ClN4O2/c1-13(2)16-17(18(25)21-12-14-4-6-15(20)7-5-14)23(3)19(22-16)24-8-10-26-11-9-24/h4-7,13H,8-12H2,1-3H3,(H,21,25). The Morgan fingerprint density at radius 1 is 1.27 bits per heavy atom. The Bertz CT molecular complexity index is 765. The fourth-order valence-corrected chi connectivity index (χ4v) is 3.22. The van der Waals surface area contributed by atoms with E-state index in [1.807, 2.05) is 35.9 Å². The van der Waals surface area contributed by atoms with Gasteiger partial charge in [0.2, 0.25) is 5.95 Å². The molecule has 0 aliphatic carbocycles. The average molecular weight is 377 g/mol. The molecular weight excluding hydrogens is 352 g/mol. The molecule has 3 rings (SSSR count). The van der Waals surface area contributed by atoms with Crippen LogP contribution in [-0.2, 0) is 18.3 Å². The molecular formula is C19H25ClN4O2. The highest BCUT2D eigenvalue weighted by Crippen LogP contribution is 2.25. The first-order chi connectivity index (χ1) is 12.5. The highest BCUT2D eigenvalue weighted by Gasteiger charge is 2.26. The topological polar surface area (TPSA) is 59.4 Å². The fourth-order valence-electron chi connectivity index (χ4n) is 3.09. The van der Waals surface area contributed by atoms with Gasteiger partial charge in [0.25, 0.3) is 5.91 Å². The zero-order valence-corrected chi connectivity index (χ0v) is 16.2. The molecule has 2 heterocycles. The Kier molecular flexibility index (Phi) is 5.84. The lowest BCUT2D eigenvalue weighted by Crippen LogP contribution is -2.38. The number of carbonyl (C=O) groups excluding carboxylic acids is 1. The molecule has 1 aliphatic heterocycles. The second kappa shape index (κ2) is 8.10. The number of ether oxygens (including phenoxy) is 1. The summed E-state index contributed by atoms with van der Waals surface area (Å²) < 4.78 is 7.32. The van der Waals surface area contributed by atoms with Gasteiger partial charge in [0.15, 0.2) is 0 Å². The third kappa shape index (κ3) is 4.02. The van der Waals surface area contributed by atoms with Gasteiger partial charge in [0.1, 0.15) is 5.69 Å². The molecule has 26 heavy (non-hydrogen) atoms. The number of carbonyl (C=O) groups is 1. The quantitative estimate of drug-likeness (QED) is 0.871. The molecule has 0 radical (unpaired) electrons. The molecule has 1 aromatic carbocycles. The molecule has 1 aromatic heterocycles. The molecule has 1 aliphatic rings. The average Bonchev–Trinajstić information content (AvgIpc) is 2.99. The second-order valence-corrected chi connectivity index (χ2v) is 7.20.